The van der Waals surface area contributed by atoms with Gasteiger partial charge in [0.1, 0.15) is 6.33 Å². The molecule has 1 heterocycles. The maximum absolute atomic E-state index is 12.8. The predicted octanol–water partition coefficient (Wildman–Crippen LogP) is 2.36. The van der Waals surface area contributed by atoms with Crippen LogP contribution in [0.4, 0.5) is 16.3 Å². The van der Waals surface area contributed by atoms with Crippen LogP contribution in [0.5, 0.6) is 0 Å². The number of hydrogen-bond acceptors (Lipinski definition) is 8. The maximum Gasteiger partial charge on any atom is 0.351 e. The number of sulfone groups is 1. The summed E-state index contributed by atoms with van der Waals surface area (Å²) in [5.74, 6) is 11.2. The van der Waals surface area contributed by atoms with E-state index in [0.29, 0.717) is 17.4 Å². The molecule has 0 saturated heterocycles. The van der Waals surface area contributed by atoms with Gasteiger partial charge in [-0.1, -0.05) is 30.3 Å². The van der Waals surface area contributed by atoms with Gasteiger partial charge >= 0.3 is 6.03 Å². The molecule has 3 aromatic carbocycles. The molecule has 0 bridgehead atoms. The van der Waals surface area contributed by atoms with Crippen molar-refractivity contribution in [3.05, 3.63) is 84.7 Å². The van der Waals surface area contributed by atoms with Crippen molar-refractivity contribution in [1.82, 2.24) is 15.4 Å². The lowest BCUT2D eigenvalue weighted by Crippen LogP contribution is -2.48. The molecule has 34 heavy (non-hydrogen) atoms. The van der Waals surface area contributed by atoms with Gasteiger partial charge in [0, 0.05) is 24.7 Å². The summed E-state index contributed by atoms with van der Waals surface area (Å²) >= 11 is 0. The number of fused-ring (bicyclic) bond motifs is 1. The molecular weight excluding hydrogens is 454 g/mol. The average molecular weight is 478 g/mol. The van der Waals surface area contributed by atoms with Crippen molar-refractivity contribution in [3.63, 3.8) is 0 Å². The van der Waals surface area contributed by atoms with Gasteiger partial charge in [-0.05, 0) is 48.0 Å². The minimum Gasteiger partial charge on any atom is -0.370 e. The molecule has 0 saturated carbocycles. The van der Waals surface area contributed by atoms with E-state index in [-0.39, 0.29) is 15.6 Å². The Bertz CT molecular complexity index is 1430. The second-order valence-electron chi connectivity index (χ2n) is 7.53. The summed E-state index contributed by atoms with van der Waals surface area (Å²) in [5, 5.41) is 1.39. The van der Waals surface area contributed by atoms with Crippen LogP contribution in [0, 0.1) is 0 Å². The fourth-order valence-electron chi connectivity index (χ4n) is 3.50. The highest BCUT2D eigenvalue weighted by atomic mass is 32.2. The minimum atomic E-state index is -3.57. The van der Waals surface area contributed by atoms with Crippen LogP contribution in [0.3, 0.4) is 0 Å². The van der Waals surface area contributed by atoms with Crippen LogP contribution in [-0.4, -0.2) is 31.5 Å². The quantitative estimate of drug-likeness (QED) is 0.218. The number of benzene rings is 3. The maximum atomic E-state index is 12.8. The van der Waals surface area contributed by atoms with Crippen LogP contribution in [0.2, 0.25) is 0 Å². The first-order chi connectivity index (χ1) is 16.3. The molecule has 0 unspecified atom stereocenters. The zero-order valence-corrected chi connectivity index (χ0v) is 19.1. The number of carbonyl (C=O) groups is 1. The number of urea groups is 1. The van der Waals surface area contributed by atoms with Crippen LogP contribution in [0.25, 0.3) is 10.9 Å². The van der Waals surface area contributed by atoms with Crippen LogP contribution in [0.15, 0.2) is 88.9 Å². The molecule has 1 aromatic heterocycles. The van der Waals surface area contributed by atoms with Crippen molar-refractivity contribution >= 4 is 38.3 Å². The van der Waals surface area contributed by atoms with Gasteiger partial charge in [0.05, 0.1) is 15.3 Å². The summed E-state index contributed by atoms with van der Waals surface area (Å²) in [6.07, 6.45) is 1.32. The number of hydrogen-bond donors (Lipinski definition) is 3. The summed E-state index contributed by atoms with van der Waals surface area (Å²) in [6.45, 7) is 0.510. The number of anilines is 2. The van der Waals surface area contributed by atoms with Gasteiger partial charge in [0.15, 0.2) is 5.82 Å². The van der Waals surface area contributed by atoms with Gasteiger partial charge in [0.2, 0.25) is 9.84 Å². The molecule has 4 aromatic rings. The lowest BCUT2D eigenvalue weighted by Gasteiger charge is -2.21. The molecule has 0 aliphatic heterocycles. The largest absolute Gasteiger partial charge is 0.370 e. The van der Waals surface area contributed by atoms with Crippen LogP contribution in [-0.2, 0) is 16.4 Å². The Balaban J connectivity index is 1.57. The van der Waals surface area contributed by atoms with E-state index >= 15 is 0 Å². The monoisotopic (exact) mass is 477 g/mol. The summed E-state index contributed by atoms with van der Waals surface area (Å²) < 4.78 is 25.6. The molecule has 0 spiro atoms. The number of hydrazine groups is 2. The number of carbonyl (C=O) groups excluding carboxylic acids is 1. The normalized spacial score (nSPS) is 11.3. The molecular formula is C23H23N7O3S. The first-order valence-electron chi connectivity index (χ1n) is 10.2. The van der Waals surface area contributed by atoms with Crippen molar-refractivity contribution in [2.45, 2.75) is 16.3 Å². The van der Waals surface area contributed by atoms with Crippen molar-refractivity contribution in [2.24, 2.45) is 11.7 Å². The van der Waals surface area contributed by atoms with Crippen LogP contribution < -0.4 is 27.0 Å². The Kier molecular flexibility index (Phi) is 6.41. The van der Waals surface area contributed by atoms with Gasteiger partial charge in [-0.3, -0.25) is 5.43 Å². The highest BCUT2D eigenvalue weighted by Gasteiger charge is 2.18. The Morgan fingerprint density at radius 1 is 0.971 bits per heavy atom. The Labute approximate surface area is 196 Å². The molecule has 174 valence electrons. The van der Waals surface area contributed by atoms with Gasteiger partial charge in [0.25, 0.3) is 0 Å². The van der Waals surface area contributed by atoms with E-state index in [1.165, 1.54) is 6.33 Å². The summed E-state index contributed by atoms with van der Waals surface area (Å²) in [4.78, 5) is 22.7. The number of aromatic nitrogens is 2. The van der Waals surface area contributed by atoms with Crippen LogP contribution >= 0.6 is 0 Å². The zero-order valence-electron chi connectivity index (χ0n) is 18.3. The number of nitrogens with two attached hydrogens (primary N) is 2. The van der Waals surface area contributed by atoms with E-state index in [4.69, 9.17) is 11.7 Å². The summed E-state index contributed by atoms with van der Waals surface area (Å²) in [5.41, 5.74) is 4.32. The van der Waals surface area contributed by atoms with Crippen molar-refractivity contribution in [1.29, 1.82) is 0 Å². The lowest BCUT2D eigenvalue weighted by molar-refractivity contribution is 0.246. The number of nitrogens with zero attached hydrogens (tertiary/aromatic N) is 4. The molecule has 4 rings (SSSR count). The SMILES string of the molecule is CN(Cc1ccc(S(=O)(=O)c2ccccc2)cc1)c1ccc2ncnc(N(N)C(=O)NN)c2c1. The molecule has 2 amide bonds. The molecule has 10 nitrogen and oxygen atoms in total. The topological polar surface area (TPSA) is 148 Å². The average Bonchev–Trinajstić information content (AvgIpc) is 2.88. The molecule has 0 radical (unpaired) electrons. The highest BCUT2D eigenvalue weighted by Crippen LogP contribution is 2.27. The Hall–Kier alpha value is -4.06. The van der Waals surface area contributed by atoms with Crippen molar-refractivity contribution < 1.29 is 13.2 Å². The third-order valence-corrected chi connectivity index (χ3v) is 7.10. The van der Waals surface area contributed by atoms with E-state index < -0.39 is 15.9 Å². The van der Waals surface area contributed by atoms with Crippen LogP contribution in [0.1, 0.15) is 5.56 Å². The third-order valence-electron chi connectivity index (χ3n) is 5.32. The first-order valence-corrected chi connectivity index (χ1v) is 11.7. The van der Waals surface area contributed by atoms with Gasteiger partial charge in [-0.25, -0.2) is 39.9 Å². The Morgan fingerprint density at radius 3 is 2.32 bits per heavy atom. The summed E-state index contributed by atoms with van der Waals surface area (Å²) in [6, 6.07) is 19.9. The fourth-order valence-corrected chi connectivity index (χ4v) is 4.78. The molecule has 0 aliphatic rings. The molecule has 0 fully saturated rings. The second kappa shape index (κ2) is 9.43. The van der Waals surface area contributed by atoms with E-state index in [1.807, 2.05) is 29.5 Å². The standard InChI is InChI=1S/C23H23N7O3S/c1-29(14-16-7-10-19(11-8-16)34(32,33)18-5-3-2-4-6-18)17-9-12-21-20(13-17)22(27-15-26-21)30(25)23(31)28-24/h2-13,15H,14,24-25H2,1H3,(H,28,31). The van der Waals surface area contributed by atoms with Crippen molar-refractivity contribution in [2.75, 3.05) is 17.0 Å². The summed E-state index contributed by atoms with van der Waals surface area (Å²) in [7, 11) is -1.67. The van der Waals surface area contributed by atoms with E-state index in [9.17, 15) is 13.2 Å². The smallest absolute Gasteiger partial charge is 0.351 e. The minimum absolute atomic E-state index is 0.207. The second-order valence-corrected chi connectivity index (χ2v) is 9.48. The van der Waals surface area contributed by atoms with E-state index in [0.717, 1.165) is 16.3 Å². The number of nitrogens with one attached hydrogen (secondary N) is 1. The number of rotatable bonds is 6. The van der Waals surface area contributed by atoms with E-state index in [2.05, 4.69) is 9.97 Å². The lowest BCUT2D eigenvalue weighted by atomic mass is 10.1. The molecule has 0 atom stereocenters. The molecule has 0 aliphatic carbocycles. The number of amides is 2. The van der Waals surface area contributed by atoms with Crippen molar-refractivity contribution in [3.8, 4) is 0 Å². The molecule has 11 heteroatoms. The third kappa shape index (κ3) is 4.53. The van der Waals surface area contributed by atoms with Gasteiger partial charge < -0.3 is 4.90 Å². The van der Waals surface area contributed by atoms with Gasteiger partial charge in [-0.2, -0.15) is 0 Å². The first kappa shape index (κ1) is 23.1. The Morgan fingerprint density at radius 2 is 1.65 bits per heavy atom. The zero-order chi connectivity index (χ0) is 24.3. The molecule has 5 N–H and O–H groups in total. The van der Waals surface area contributed by atoms with E-state index in [1.54, 1.807) is 60.7 Å². The predicted molar refractivity (Wildman–Crippen MR) is 129 cm³/mol. The highest BCUT2D eigenvalue weighted by molar-refractivity contribution is 7.91. The van der Waals surface area contributed by atoms with Gasteiger partial charge in [-0.15, -0.1) is 0 Å². The fraction of sp³-hybridized carbons (Fsp3) is 0.0870.